The zero-order valence-electron chi connectivity index (χ0n) is 14.4. The first kappa shape index (κ1) is 19.2. The number of benzene rings is 1. The number of alkyl halides is 3. The number of nitrogens with one attached hydrogen (secondary N) is 2. The maximum Gasteiger partial charge on any atom is 0.391 e. The van der Waals surface area contributed by atoms with Crippen LogP contribution < -0.4 is 15.4 Å². The quantitative estimate of drug-likeness (QED) is 0.571. The second-order valence-corrected chi connectivity index (χ2v) is 6.15. The van der Waals surface area contributed by atoms with E-state index in [0.29, 0.717) is 36.7 Å². The van der Waals surface area contributed by atoms with E-state index in [1.165, 1.54) is 0 Å². The van der Waals surface area contributed by atoms with Crippen molar-refractivity contribution in [3.05, 3.63) is 23.8 Å². The van der Waals surface area contributed by atoms with Crippen LogP contribution in [0.1, 0.15) is 31.2 Å². The van der Waals surface area contributed by atoms with Gasteiger partial charge in [-0.25, -0.2) is 0 Å². The van der Waals surface area contributed by atoms with Gasteiger partial charge in [-0.05, 0) is 43.9 Å². The van der Waals surface area contributed by atoms with Crippen LogP contribution >= 0.6 is 0 Å². The number of guanidine groups is 1. The fraction of sp³-hybridized carbons (Fsp3) is 0.588. The average Bonchev–Trinajstić information content (AvgIpc) is 2.59. The second kappa shape index (κ2) is 8.31. The molecule has 0 amide bonds. The van der Waals surface area contributed by atoms with Crippen LogP contribution in [0.5, 0.6) is 11.5 Å². The summed E-state index contributed by atoms with van der Waals surface area (Å²) in [5, 5.41) is 16.1. The van der Waals surface area contributed by atoms with Crippen LogP contribution in [0.3, 0.4) is 0 Å². The third kappa shape index (κ3) is 5.44. The van der Waals surface area contributed by atoms with Gasteiger partial charge in [0.05, 0.1) is 13.0 Å². The van der Waals surface area contributed by atoms with Gasteiger partial charge >= 0.3 is 6.18 Å². The number of phenolic OH excluding ortho intramolecular Hbond substituents is 1. The van der Waals surface area contributed by atoms with Gasteiger partial charge in [0.15, 0.2) is 5.96 Å². The third-order valence-corrected chi connectivity index (χ3v) is 4.49. The van der Waals surface area contributed by atoms with Gasteiger partial charge in [-0.1, -0.05) is 0 Å². The molecule has 1 aliphatic rings. The standard InChI is InChI=1S/C17H24F3N3O2/c1-21-16(22-10-11-9-14(25-2)7-8-15(11)24)23-13-5-3-12(4-6-13)17(18,19)20/h7-9,12-13,24H,3-6,10H2,1-2H3,(H2,21,22,23). The Labute approximate surface area is 145 Å². The third-order valence-electron chi connectivity index (χ3n) is 4.49. The molecular formula is C17H24F3N3O2. The van der Waals surface area contributed by atoms with Crippen LogP contribution in [0.4, 0.5) is 13.2 Å². The number of nitrogens with zero attached hydrogens (tertiary/aromatic N) is 1. The zero-order chi connectivity index (χ0) is 18.4. The molecule has 140 valence electrons. The van der Waals surface area contributed by atoms with Crippen LogP contribution in [0.25, 0.3) is 0 Å². The summed E-state index contributed by atoms with van der Waals surface area (Å²) in [6.07, 6.45) is -2.93. The number of rotatable bonds is 4. The molecule has 1 fully saturated rings. The van der Waals surface area contributed by atoms with Crippen molar-refractivity contribution in [1.29, 1.82) is 0 Å². The van der Waals surface area contributed by atoms with Gasteiger partial charge in [0.2, 0.25) is 0 Å². The fourth-order valence-electron chi connectivity index (χ4n) is 2.96. The van der Waals surface area contributed by atoms with Crippen LogP contribution in [0, 0.1) is 5.92 Å². The van der Waals surface area contributed by atoms with Gasteiger partial charge in [0, 0.05) is 25.2 Å². The molecule has 0 atom stereocenters. The molecule has 2 rings (SSSR count). The number of ether oxygens (including phenoxy) is 1. The van der Waals surface area contributed by atoms with Crippen LogP contribution in [-0.4, -0.2) is 37.4 Å². The van der Waals surface area contributed by atoms with Crippen molar-refractivity contribution >= 4 is 5.96 Å². The summed E-state index contributed by atoms with van der Waals surface area (Å²) < 4.78 is 43.3. The fourth-order valence-corrected chi connectivity index (χ4v) is 2.96. The summed E-state index contributed by atoms with van der Waals surface area (Å²) in [5.74, 6) is 0.0596. The first-order valence-corrected chi connectivity index (χ1v) is 8.23. The molecule has 8 heteroatoms. The largest absolute Gasteiger partial charge is 0.508 e. The minimum absolute atomic E-state index is 0.0382. The Morgan fingerprint density at radius 2 is 1.96 bits per heavy atom. The molecule has 0 bridgehead atoms. The minimum atomic E-state index is -4.10. The number of hydrogen-bond donors (Lipinski definition) is 3. The molecule has 5 nitrogen and oxygen atoms in total. The van der Waals surface area contributed by atoms with Crippen molar-refractivity contribution < 1.29 is 23.0 Å². The van der Waals surface area contributed by atoms with Gasteiger partial charge in [-0.2, -0.15) is 13.2 Å². The lowest BCUT2D eigenvalue weighted by Crippen LogP contribution is -2.45. The highest BCUT2D eigenvalue weighted by molar-refractivity contribution is 5.80. The van der Waals surface area contributed by atoms with Crippen LogP contribution in [-0.2, 0) is 6.54 Å². The van der Waals surface area contributed by atoms with E-state index < -0.39 is 12.1 Å². The predicted molar refractivity (Wildman–Crippen MR) is 89.8 cm³/mol. The molecule has 0 aliphatic heterocycles. The highest BCUT2D eigenvalue weighted by atomic mass is 19.4. The molecule has 0 heterocycles. The van der Waals surface area contributed by atoms with E-state index >= 15 is 0 Å². The molecule has 0 aromatic heterocycles. The van der Waals surface area contributed by atoms with E-state index in [9.17, 15) is 18.3 Å². The number of aromatic hydroxyl groups is 1. The first-order chi connectivity index (χ1) is 11.8. The molecule has 0 saturated heterocycles. The highest BCUT2D eigenvalue weighted by Crippen LogP contribution is 2.37. The molecular weight excluding hydrogens is 335 g/mol. The number of halogens is 3. The summed E-state index contributed by atoms with van der Waals surface area (Å²) in [7, 11) is 3.14. The summed E-state index contributed by atoms with van der Waals surface area (Å²) in [4.78, 5) is 4.10. The van der Waals surface area contributed by atoms with Gasteiger partial charge in [0.25, 0.3) is 0 Å². The van der Waals surface area contributed by atoms with Crippen molar-refractivity contribution in [3.8, 4) is 11.5 Å². The monoisotopic (exact) mass is 359 g/mol. The summed E-state index contributed by atoms with van der Waals surface area (Å²) >= 11 is 0. The topological polar surface area (TPSA) is 65.9 Å². The number of aliphatic imine (C=N–C) groups is 1. The van der Waals surface area contributed by atoms with Crippen molar-refractivity contribution in [2.24, 2.45) is 10.9 Å². The Kier molecular flexibility index (Phi) is 6.39. The second-order valence-electron chi connectivity index (χ2n) is 6.15. The molecule has 1 aliphatic carbocycles. The molecule has 1 saturated carbocycles. The van der Waals surface area contributed by atoms with E-state index in [2.05, 4.69) is 15.6 Å². The Morgan fingerprint density at radius 1 is 1.28 bits per heavy atom. The Hall–Kier alpha value is -2.12. The Bertz CT molecular complexity index is 597. The van der Waals surface area contributed by atoms with Crippen molar-refractivity contribution in [3.63, 3.8) is 0 Å². The first-order valence-electron chi connectivity index (χ1n) is 8.23. The molecule has 3 N–H and O–H groups in total. The maximum absolute atomic E-state index is 12.7. The average molecular weight is 359 g/mol. The highest BCUT2D eigenvalue weighted by Gasteiger charge is 2.41. The molecule has 1 aromatic rings. The summed E-state index contributed by atoms with van der Waals surface area (Å²) in [6, 6.07) is 4.88. The molecule has 1 aromatic carbocycles. The molecule has 0 unspecified atom stereocenters. The zero-order valence-corrected chi connectivity index (χ0v) is 14.4. The van der Waals surface area contributed by atoms with E-state index in [1.54, 1.807) is 32.4 Å². The number of phenols is 1. The number of hydrogen-bond acceptors (Lipinski definition) is 3. The van der Waals surface area contributed by atoms with Gasteiger partial charge in [0.1, 0.15) is 11.5 Å². The van der Waals surface area contributed by atoms with Crippen molar-refractivity contribution in [2.45, 2.75) is 44.4 Å². The summed E-state index contributed by atoms with van der Waals surface area (Å²) in [6.45, 7) is 0.320. The molecule has 0 radical (unpaired) electrons. The number of methoxy groups -OCH3 is 1. The van der Waals surface area contributed by atoms with Crippen molar-refractivity contribution in [2.75, 3.05) is 14.2 Å². The van der Waals surface area contributed by atoms with E-state index in [0.717, 1.165) is 0 Å². The maximum atomic E-state index is 12.7. The van der Waals surface area contributed by atoms with E-state index in [1.807, 2.05) is 0 Å². The lowest BCUT2D eigenvalue weighted by atomic mass is 9.85. The summed E-state index contributed by atoms with van der Waals surface area (Å²) in [5.41, 5.74) is 0.642. The van der Waals surface area contributed by atoms with E-state index in [-0.39, 0.29) is 24.6 Å². The molecule has 0 spiro atoms. The SMILES string of the molecule is CN=C(NCc1cc(OC)ccc1O)NC1CCC(C(F)(F)F)CC1. The lowest BCUT2D eigenvalue weighted by Gasteiger charge is -2.31. The van der Waals surface area contributed by atoms with Gasteiger partial charge in [-0.15, -0.1) is 0 Å². The predicted octanol–water partition coefficient (Wildman–Crippen LogP) is 3.19. The normalized spacial score (nSPS) is 21.7. The van der Waals surface area contributed by atoms with Gasteiger partial charge < -0.3 is 20.5 Å². The van der Waals surface area contributed by atoms with Gasteiger partial charge in [-0.3, -0.25) is 4.99 Å². The van der Waals surface area contributed by atoms with E-state index in [4.69, 9.17) is 4.74 Å². The Balaban J connectivity index is 1.86. The smallest absolute Gasteiger partial charge is 0.391 e. The van der Waals surface area contributed by atoms with Crippen molar-refractivity contribution in [1.82, 2.24) is 10.6 Å². The Morgan fingerprint density at radius 3 is 2.52 bits per heavy atom. The molecule has 25 heavy (non-hydrogen) atoms. The van der Waals surface area contributed by atoms with Crippen LogP contribution in [0.15, 0.2) is 23.2 Å². The lowest BCUT2D eigenvalue weighted by molar-refractivity contribution is -0.182. The minimum Gasteiger partial charge on any atom is -0.508 e. The van der Waals surface area contributed by atoms with Crippen LogP contribution in [0.2, 0.25) is 0 Å².